The van der Waals surface area contributed by atoms with Gasteiger partial charge in [0.1, 0.15) is 21.1 Å². The van der Waals surface area contributed by atoms with Gasteiger partial charge in [-0.2, -0.15) is 0 Å². The van der Waals surface area contributed by atoms with E-state index in [0.29, 0.717) is 6.61 Å². The molecule has 1 heterocycles. The fourth-order valence-electron chi connectivity index (χ4n) is 4.15. The summed E-state index contributed by atoms with van der Waals surface area (Å²) in [6.07, 6.45) is -0.308. The first-order valence-electron chi connectivity index (χ1n) is 10.9. The van der Waals surface area contributed by atoms with Crippen LogP contribution in [0.1, 0.15) is 31.9 Å². The van der Waals surface area contributed by atoms with Gasteiger partial charge < -0.3 is 14.2 Å². The predicted octanol–water partition coefficient (Wildman–Crippen LogP) is 3.57. The zero-order chi connectivity index (χ0) is 22.4. The summed E-state index contributed by atoms with van der Waals surface area (Å²) in [7, 11) is 2.02. The first kappa shape index (κ1) is 23.1. The van der Waals surface area contributed by atoms with Gasteiger partial charge in [0, 0.05) is 5.41 Å². The number of esters is 2. The summed E-state index contributed by atoms with van der Waals surface area (Å²) in [5.74, 6) is -1.61. The summed E-state index contributed by atoms with van der Waals surface area (Å²) in [4.78, 5) is 26.1. The lowest BCUT2D eigenvalue weighted by Gasteiger charge is -2.35. The third-order valence-corrected chi connectivity index (χ3v) is 6.33. The van der Waals surface area contributed by atoms with E-state index in [9.17, 15) is 9.59 Å². The third-order valence-electron chi connectivity index (χ3n) is 6.33. The highest BCUT2D eigenvalue weighted by molar-refractivity contribution is 6.12. The normalized spacial score (nSPS) is 24.9. The third kappa shape index (κ3) is 5.37. The summed E-state index contributed by atoms with van der Waals surface area (Å²) in [5.41, 5.74) is 1.14. The molecule has 6 heteroatoms. The van der Waals surface area contributed by atoms with Crippen LogP contribution in [-0.4, -0.2) is 32.5 Å². The zero-order valence-corrected chi connectivity index (χ0v) is 18.7. The topological polar surface area (TPSA) is 61.8 Å². The van der Waals surface area contributed by atoms with Gasteiger partial charge in [-0.1, -0.05) is 81.4 Å². The number of hydrogen-bond donors (Lipinski definition) is 0. The van der Waals surface area contributed by atoms with Crippen molar-refractivity contribution in [3.8, 4) is 0 Å². The van der Waals surface area contributed by atoms with E-state index in [-0.39, 0.29) is 37.1 Å². The van der Waals surface area contributed by atoms with Gasteiger partial charge in [-0.15, -0.1) is 0 Å². The molecule has 164 valence electrons. The summed E-state index contributed by atoms with van der Waals surface area (Å²) in [6, 6.07) is 19.1. The molecular formula is C25H31BO5. The van der Waals surface area contributed by atoms with E-state index in [1.165, 1.54) is 0 Å². The van der Waals surface area contributed by atoms with E-state index >= 15 is 0 Å². The van der Waals surface area contributed by atoms with Crippen molar-refractivity contribution in [2.75, 3.05) is 6.61 Å². The molecule has 2 aromatic rings. The lowest BCUT2D eigenvalue weighted by Crippen LogP contribution is -2.45. The summed E-state index contributed by atoms with van der Waals surface area (Å²) in [5, 5.41) is 0. The zero-order valence-electron chi connectivity index (χ0n) is 18.7. The number of carbonyl (C=O) groups excluding carboxylic acids is 2. The highest BCUT2D eigenvalue weighted by Gasteiger charge is 2.56. The van der Waals surface area contributed by atoms with Gasteiger partial charge in [-0.05, 0) is 16.9 Å². The highest BCUT2D eigenvalue weighted by atomic mass is 16.5. The molecule has 0 bridgehead atoms. The maximum atomic E-state index is 13.2. The van der Waals surface area contributed by atoms with Crippen LogP contribution in [0.2, 0.25) is 5.82 Å². The Bertz CT molecular complexity index is 870. The molecule has 0 amide bonds. The molecule has 1 fully saturated rings. The molecule has 2 aromatic carbocycles. The first-order chi connectivity index (χ1) is 14.8. The molecule has 3 rings (SSSR count). The Morgan fingerprint density at radius 3 is 2.03 bits per heavy atom. The quantitative estimate of drug-likeness (QED) is 0.481. The largest absolute Gasteiger partial charge is 0.461 e. The van der Waals surface area contributed by atoms with Crippen molar-refractivity contribution in [3.05, 3.63) is 71.8 Å². The van der Waals surface area contributed by atoms with Gasteiger partial charge >= 0.3 is 11.9 Å². The van der Waals surface area contributed by atoms with Gasteiger partial charge in [0.2, 0.25) is 0 Å². The summed E-state index contributed by atoms with van der Waals surface area (Å²) < 4.78 is 17.3. The van der Waals surface area contributed by atoms with Crippen molar-refractivity contribution < 1.29 is 23.8 Å². The predicted molar refractivity (Wildman–Crippen MR) is 121 cm³/mol. The van der Waals surface area contributed by atoms with Crippen LogP contribution in [0.3, 0.4) is 0 Å². The summed E-state index contributed by atoms with van der Waals surface area (Å²) >= 11 is 0. The van der Waals surface area contributed by atoms with Gasteiger partial charge in [0.05, 0.1) is 24.5 Å². The van der Waals surface area contributed by atoms with E-state index in [1.54, 1.807) is 0 Å². The molecular weight excluding hydrogens is 391 g/mol. The Hall–Kier alpha value is -2.60. The van der Waals surface area contributed by atoms with Crippen LogP contribution in [0.4, 0.5) is 0 Å². The molecule has 0 saturated carbocycles. The fourth-order valence-corrected chi connectivity index (χ4v) is 4.15. The number of hydrogen-bond acceptors (Lipinski definition) is 5. The fraction of sp³-hybridized carbons (Fsp3) is 0.440. The van der Waals surface area contributed by atoms with Crippen molar-refractivity contribution in [1.82, 2.24) is 0 Å². The van der Waals surface area contributed by atoms with Gasteiger partial charge in [-0.3, -0.25) is 9.59 Å². The van der Waals surface area contributed by atoms with E-state index < -0.39 is 17.3 Å². The van der Waals surface area contributed by atoms with E-state index in [2.05, 4.69) is 0 Å². The van der Waals surface area contributed by atoms with Crippen LogP contribution in [0.5, 0.6) is 0 Å². The second kappa shape index (κ2) is 10.1. The molecule has 1 aliphatic heterocycles. The maximum absolute atomic E-state index is 13.2. The molecule has 31 heavy (non-hydrogen) atoms. The lowest BCUT2D eigenvalue weighted by atomic mass is 9.65. The Labute approximate surface area is 185 Å². The Morgan fingerprint density at radius 2 is 1.52 bits per heavy atom. The highest BCUT2D eigenvalue weighted by Crippen LogP contribution is 2.48. The second-order valence-electron chi connectivity index (χ2n) is 8.91. The van der Waals surface area contributed by atoms with Crippen LogP contribution in [0, 0.1) is 17.3 Å². The standard InChI is InChI=1S/C25H31BO5/c1-17(23(27)29-14-19-10-6-4-7-11-19)25(3)16-31-22(18(2)26)21(25)24(28)30-15-20-12-8-5-9-13-20/h4-13,17-18,21-22H,14-16,26H2,1-3H3/t17?,18-,21?,22?,25+/m1/s1. The smallest absolute Gasteiger partial charge is 0.312 e. The van der Waals surface area contributed by atoms with E-state index in [1.807, 2.05) is 89.3 Å². The molecule has 0 radical (unpaired) electrons. The van der Waals surface area contributed by atoms with Crippen LogP contribution in [0.15, 0.2) is 60.7 Å². The van der Waals surface area contributed by atoms with E-state index in [4.69, 9.17) is 14.2 Å². The summed E-state index contributed by atoms with van der Waals surface area (Å²) in [6.45, 7) is 6.48. The van der Waals surface area contributed by atoms with Crippen LogP contribution in [0.25, 0.3) is 0 Å². The van der Waals surface area contributed by atoms with Crippen molar-refractivity contribution in [3.63, 3.8) is 0 Å². The average Bonchev–Trinajstić information content (AvgIpc) is 3.15. The van der Waals surface area contributed by atoms with Gasteiger partial charge in [0.15, 0.2) is 0 Å². The molecule has 1 aliphatic rings. The van der Waals surface area contributed by atoms with Crippen LogP contribution in [-0.2, 0) is 37.0 Å². The molecule has 0 aliphatic carbocycles. The number of carbonyl (C=O) groups is 2. The number of benzene rings is 2. The molecule has 5 atom stereocenters. The molecule has 0 spiro atoms. The molecule has 5 nitrogen and oxygen atoms in total. The minimum absolute atomic E-state index is 0.114. The Kier molecular flexibility index (Phi) is 7.55. The Morgan fingerprint density at radius 1 is 1.00 bits per heavy atom. The van der Waals surface area contributed by atoms with Gasteiger partial charge in [0.25, 0.3) is 0 Å². The number of rotatable bonds is 8. The molecule has 3 unspecified atom stereocenters. The van der Waals surface area contributed by atoms with E-state index in [0.717, 1.165) is 11.1 Å². The minimum Gasteiger partial charge on any atom is -0.461 e. The maximum Gasteiger partial charge on any atom is 0.312 e. The Balaban J connectivity index is 1.72. The lowest BCUT2D eigenvalue weighted by molar-refractivity contribution is -0.161. The average molecular weight is 422 g/mol. The first-order valence-corrected chi connectivity index (χ1v) is 10.9. The van der Waals surface area contributed by atoms with Crippen LogP contribution < -0.4 is 0 Å². The van der Waals surface area contributed by atoms with Crippen molar-refractivity contribution in [2.24, 2.45) is 17.3 Å². The van der Waals surface area contributed by atoms with Crippen molar-refractivity contribution in [1.29, 1.82) is 0 Å². The minimum atomic E-state index is -0.712. The second-order valence-corrected chi connectivity index (χ2v) is 8.91. The van der Waals surface area contributed by atoms with Crippen molar-refractivity contribution in [2.45, 2.75) is 45.9 Å². The monoisotopic (exact) mass is 422 g/mol. The van der Waals surface area contributed by atoms with Crippen molar-refractivity contribution >= 4 is 19.8 Å². The number of ether oxygens (including phenoxy) is 3. The van der Waals surface area contributed by atoms with Crippen LogP contribution >= 0.6 is 0 Å². The molecule has 0 N–H and O–H groups in total. The molecule has 0 aromatic heterocycles. The SMILES string of the molecule is B[C@H](C)C1OC[C@@](C)(C(C)C(=O)OCc2ccccc2)C1C(=O)OCc1ccccc1. The van der Waals surface area contributed by atoms with Gasteiger partial charge in [-0.25, -0.2) is 0 Å². The molecule has 1 saturated heterocycles.